The fraction of sp³-hybridized carbons (Fsp3) is 0.500. The van der Waals surface area contributed by atoms with Crippen LogP contribution in [-0.2, 0) is 11.3 Å². The van der Waals surface area contributed by atoms with E-state index in [1.54, 1.807) is 17.6 Å². The van der Waals surface area contributed by atoms with Crippen molar-refractivity contribution in [3.05, 3.63) is 29.5 Å². The van der Waals surface area contributed by atoms with E-state index in [1.807, 2.05) is 17.5 Å². The van der Waals surface area contributed by atoms with Crippen LogP contribution in [0.15, 0.2) is 28.2 Å². The topological polar surface area (TPSA) is 81.2 Å². The molecule has 3 N–H and O–H groups in total. The summed E-state index contributed by atoms with van der Waals surface area (Å²) >= 11 is 1.58. The van der Waals surface area contributed by atoms with Crippen LogP contribution >= 0.6 is 11.3 Å². The molecular formula is C16H19N3O2S. The zero-order valence-corrected chi connectivity index (χ0v) is 13.0. The molecule has 2 saturated carbocycles. The first kappa shape index (κ1) is 14.0. The second kappa shape index (κ2) is 5.52. The number of thiophene rings is 1. The minimum absolute atomic E-state index is 0.0255. The Labute approximate surface area is 132 Å². The van der Waals surface area contributed by atoms with Gasteiger partial charge in [-0.15, -0.1) is 11.3 Å². The highest BCUT2D eigenvalue weighted by Gasteiger charge is 2.48. The van der Waals surface area contributed by atoms with Gasteiger partial charge < -0.3 is 15.5 Å². The summed E-state index contributed by atoms with van der Waals surface area (Å²) in [5, 5.41) is 4.96. The van der Waals surface area contributed by atoms with Crippen molar-refractivity contribution >= 4 is 17.2 Å². The van der Waals surface area contributed by atoms with Crippen LogP contribution in [0.3, 0.4) is 0 Å². The predicted octanol–water partition coefficient (Wildman–Crippen LogP) is 2.39. The van der Waals surface area contributed by atoms with Crippen molar-refractivity contribution < 1.29 is 9.21 Å². The van der Waals surface area contributed by atoms with Crippen molar-refractivity contribution in [1.82, 2.24) is 10.3 Å². The maximum atomic E-state index is 12.4. The van der Waals surface area contributed by atoms with Gasteiger partial charge in [-0.25, -0.2) is 4.98 Å². The number of fused-ring (bicyclic) bond motifs is 2. The van der Waals surface area contributed by atoms with Gasteiger partial charge in [0.2, 0.25) is 11.8 Å². The molecule has 2 aromatic heterocycles. The molecule has 2 heterocycles. The molecular weight excluding hydrogens is 298 g/mol. The minimum Gasteiger partial charge on any atom is -0.443 e. The van der Waals surface area contributed by atoms with Crippen molar-refractivity contribution in [3.63, 3.8) is 0 Å². The van der Waals surface area contributed by atoms with Crippen LogP contribution in [-0.4, -0.2) is 16.9 Å². The highest BCUT2D eigenvalue weighted by molar-refractivity contribution is 7.13. The van der Waals surface area contributed by atoms with E-state index >= 15 is 0 Å². The number of nitrogens with zero attached hydrogens (tertiary/aromatic N) is 1. The number of carbonyl (C=O) groups excluding carboxylic acids is 1. The van der Waals surface area contributed by atoms with Crippen LogP contribution in [0.5, 0.6) is 0 Å². The molecule has 0 aliphatic heterocycles. The van der Waals surface area contributed by atoms with E-state index in [4.69, 9.17) is 10.2 Å². The van der Waals surface area contributed by atoms with Gasteiger partial charge in [-0.3, -0.25) is 4.79 Å². The molecule has 0 spiro atoms. The number of carbonyl (C=O) groups is 1. The lowest BCUT2D eigenvalue weighted by molar-refractivity contribution is -0.127. The molecule has 4 unspecified atom stereocenters. The van der Waals surface area contributed by atoms with E-state index in [0.717, 1.165) is 23.4 Å². The quantitative estimate of drug-likeness (QED) is 0.907. The standard InChI is InChI=1S/C16H19N3O2S/c17-14-10-4-3-9(6-10)13(14)15(20)18-7-11-8-21-16(19-11)12-2-1-5-22-12/h1-2,5,8-10,13-14H,3-4,6-7,17H2,(H,18,20). The lowest BCUT2D eigenvalue weighted by Crippen LogP contribution is -2.45. The zero-order chi connectivity index (χ0) is 15.1. The van der Waals surface area contributed by atoms with Crippen molar-refractivity contribution in [2.24, 2.45) is 23.5 Å². The van der Waals surface area contributed by atoms with Gasteiger partial charge >= 0.3 is 0 Å². The summed E-state index contributed by atoms with van der Waals surface area (Å²) in [6.45, 7) is 0.397. The number of oxazole rings is 1. The molecule has 22 heavy (non-hydrogen) atoms. The predicted molar refractivity (Wildman–Crippen MR) is 84.0 cm³/mol. The zero-order valence-electron chi connectivity index (χ0n) is 12.2. The maximum Gasteiger partial charge on any atom is 0.236 e. The van der Waals surface area contributed by atoms with Crippen LogP contribution in [0.4, 0.5) is 0 Å². The van der Waals surface area contributed by atoms with E-state index < -0.39 is 0 Å². The summed E-state index contributed by atoms with van der Waals surface area (Å²) in [5.74, 6) is 1.66. The van der Waals surface area contributed by atoms with Gasteiger partial charge in [-0.2, -0.15) is 0 Å². The van der Waals surface area contributed by atoms with Crippen LogP contribution in [0.25, 0.3) is 10.8 Å². The summed E-state index contributed by atoms with van der Waals surface area (Å²) in [6.07, 6.45) is 5.05. The van der Waals surface area contributed by atoms with Gasteiger partial charge in [0.25, 0.3) is 0 Å². The first-order chi connectivity index (χ1) is 10.7. The van der Waals surface area contributed by atoms with E-state index in [2.05, 4.69) is 10.3 Å². The molecule has 5 nitrogen and oxygen atoms in total. The van der Waals surface area contributed by atoms with Gasteiger partial charge in [0.05, 0.1) is 23.0 Å². The molecule has 2 fully saturated rings. The highest BCUT2D eigenvalue weighted by Crippen LogP contribution is 2.47. The molecule has 4 rings (SSSR count). The molecule has 116 valence electrons. The number of hydrogen-bond donors (Lipinski definition) is 2. The summed E-state index contributed by atoms with van der Waals surface area (Å²) in [6, 6.07) is 3.95. The van der Waals surface area contributed by atoms with Gasteiger partial charge in [0.15, 0.2) is 0 Å². The highest BCUT2D eigenvalue weighted by atomic mass is 32.1. The second-order valence-corrected chi connectivity index (χ2v) is 7.22. The molecule has 1 amide bonds. The molecule has 2 aliphatic rings. The van der Waals surface area contributed by atoms with Crippen LogP contribution in [0, 0.1) is 17.8 Å². The Bertz CT molecular complexity index is 665. The molecule has 4 atom stereocenters. The Morgan fingerprint density at radius 3 is 3.05 bits per heavy atom. The van der Waals surface area contributed by atoms with Crippen molar-refractivity contribution in [2.45, 2.75) is 31.8 Å². The molecule has 2 aromatic rings. The van der Waals surface area contributed by atoms with Crippen LogP contribution < -0.4 is 11.1 Å². The summed E-state index contributed by atoms with van der Waals surface area (Å²) in [4.78, 5) is 17.8. The average Bonchev–Trinajstić information content (AvgIpc) is 3.26. The van der Waals surface area contributed by atoms with Gasteiger partial charge in [-0.1, -0.05) is 6.07 Å². The van der Waals surface area contributed by atoms with Gasteiger partial charge in [-0.05, 0) is 42.5 Å². The average molecular weight is 317 g/mol. The fourth-order valence-electron chi connectivity index (χ4n) is 3.92. The van der Waals surface area contributed by atoms with E-state index in [0.29, 0.717) is 24.3 Å². The van der Waals surface area contributed by atoms with E-state index in [1.165, 1.54) is 6.42 Å². The SMILES string of the molecule is NC1C2CCC(C2)C1C(=O)NCc1coc(-c2cccs2)n1. The Kier molecular flexibility index (Phi) is 3.50. The number of nitrogens with two attached hydrogens (primary N) is 1. The third kappa shape index (κ3) is 2.36. The molecule has 2 aliphatic carbocycles. The number of amides is 1. The van der Waals surface area contributed by atoms with E-state index in [9.17, 15) is 4.79 Å². The van der Waals surface area contributed by atoms with Crippen LogP contribution in [0.1, 0.15) is 25.0 Å². The molecule has 2 bridgehead atoms. The van der Waals surface area contributed by atoms with E-state index in [-0.39, 0.29) is 17.9 Å². The summed E-state index contributed by atoms with van der Waals surface area (Å²) in [7, 11) is 0. The maximum absolute atomic E-state index is 12.4. The first-order valence-electron chi connectivity index (χ1n) is 7.74. The number of nitrogens with one attached hydrogen (secondary N) is 1. The Hall–Kier alpha value is -1.66. The lowest BCUT2D eigenvalue weighted by Gasteiger charge is -2.26. The molecule has 0 saturated heterocycles. The lowest BCUT2D eigenvalue weighted by atomic mass is 9.84. The third-order valence-electron chi connectivity index (χ3n) is 5.01. The smallest absolute Gasteiger partial charge is 0.236 e. The minimum atomic E-state index is -0.0255. The Balaban J connectivity index is 1.38. The number of aromatic nitrogens is 1. The summed E-state index contributed by atoms with van der Waals surface area (Å²) < 4.78 is 5.46. The summed E-state index contributed by atoms with van der Waals surface area (Å²) in [5.41, 5.74) is 6.95. The van der Waals surface area contributed by atoms with Crippen molar-refractivity contribution in [3.8, 4) is 10.8 Å². The second-order valence-electron chi connectivity index (χ2n) is 6.28. The number of hydrogen-bond acceptors (Lipinski definition) is 5. The molecule has 0 aromatic carbocycles. The number of rotatable bonds is 4. The Morgan fingerprint density at radius 1 is 1.45 bits per heavy atom. The van der Waals surface area contributed by atoms with Gasteiger partial charge in [0, 0.05) is 6.04 Å². The normalized spacial score (nSPS) is 29.9. The molecule has 6 heteroatoms. The molecule has 0 radical (unpaired) electrons. The Morgan fingerprint density at radius 2 is 2.32 bits per heavy atom. The van der Waals surface area contributed by atoms with Crippen LogP contribution in [0.2, 0.25) is 0 Å². The van der Waals surface area contributed by atoms with Crippen molar-refractivity contribution in [1.29, 1.82) is 0 Å². The largest absolute Gasteiger partial charge is 0.443 e. The fourth-order valence-corrected chi connectivity index (χ4v) is 4.58. The third-order valence-corrected chi connectivity index (χ3v) is 5.87. The monoisotopic (exact) mass is 317 g/mol. The van der Waals surface area contributed by atoms with Crippen molar-refractivity contribution in [2.75, 3.05) is 0 Å². The first-order valence-corrected chi connectivity index (χ1v) is 8.62. The van der Waals surface area contributed by atoms with Gasteiger partial charge in [0.1, 0.15) is 6.26 Å².